The summed E-state index contributed by atoms with van der Waals surface area (Å²) >= 11 is 0. The van der Waals surface area contributed by atoms with Gasteiger partial charge in [0.2, 0.25) is 5.91 Å². The summed E-state index contributed by atoms with van der Waals surface area (Å²) in [6.07, 6.45) is 6.02. The van der Waals surface area contributed by atoms with Crippen molar-refractivity contribution in [2.24, 2.45) is 5.92 Å². The maximum Gasteiger partial charge on any atom is 0.317 e. The van der Waals surface area contributed by atoms with Gasteiger partial charge in [0, 0.05) is 30.7 Å². The van der Waals surface area contributed by atoms with Gasteiger partial charge in [0.05, 0.1) is 0 Å². The number of para-hydroxylation sites is 1. The van der Waals surface area contributed by atoms with Crippen LogP contribution in [0.4, 0.5) is 10.5 Å². The highest BCUT2D eigenvalue weighted by Crippen LogP contribution is 2.19. The van der Waals surface area contributed by atoms with Gasteiger partial charge in [-0.05, 0) is 38.3 Å². The Hall–Kier alpha value is -2.04. The van der Waals surface area contributed by atoms with Gasteiger partial charge in [-0.15, -0.1) is 0 Å². The number of unbranched alkanes of at least 4 members (excludes halogenated alkanes) is 2. The molecular formula is C20H31N3O2. The van der Waals surface area contributed by atoms with E-state index >= 15 is 0 Å². The number of nitrogens with zero attached hydrogens (tertiary/aromatic N) is 1. The zero-order valence-electron chi connectivity index (χ0n) is 15.5. The van der Waals surface area contributed by atoms with Gasteiger partial charge in [-0.2, -0.15) is 0 Å². The number of piperidine rings is 1. The van der Waals surface area contributed by atoms with E-state index in [2.05, 4.69) is 24.5 Å². The number of carbonyl (C=O) groups excluding carboxylic acids is 2. The van der Waals surface area contributed by atoms with E-state index in [0.29, 0.717) is 13.1 Å². The third-order valence-electron chi connectivity index (χ3n) is 4.80. The fourth-order valence-electron chi connectivity index (χ4n) is 3.19. The second-order valence-corrected chi connectivity index (χ2v) is 6.96. The summed E-state index contributed by atoms with van der Waals surface area (Å²) in [6.45, 7) is 5.52. The molecule has 0 aliphatic carbocycles. The molecule has 1 heterocycles. The van der Waals surface area contributed by atoms with Crippen LogP contribution in [0.15, 0.2) is 30.3 Å². The van der Waals surface area contributed by atoms with Crippen LogP contribution in [0.2, 0.25) is 0 Å². The van der Waals surface area contributed by atoms with E-state index in [4.69, 9.17) is 0 Å². The summed E-state index contributed by atoms with van der Waals surface area (Å²) in [5.41, 5.74) is 0.827. The molecule has 3 amide bonds. The maximum absolute atomic E-state index is 12.3. The number of nitrogens with one attached hydrogen (secondary N) is 2. The van der Waals surface area contributed by atoms with Crippen molar-refractivity contribution in [2.45, 2.75) is 58.4 Å². The number of hydrogen-bond acceptors (Lipinski definition) is 2. The van der Waals surface area contributed by atoms with E-state index in [9.17, 15) is 9.59 Å². The standard InChI is InChI=1S/C20H31N3O2/c1-3-4-6-9-16(2)21-20(25)23-14-12-17(13-15-23)19(24)22-18-10-7-5-8-11-18/h5,7-8,10-11,16-17H,3-4,6,9,12-15H2,1-2H3,(H,21,25)(H,22,24). The first-order chi connectivity index (χ1) is 12.1. The lowest BCUT2D eigenvalue weighted by Gasteiger charge is -2.32. The van der Waals surface area contributed by atoms with E-state index < -0.39 is 0 Å². The first-order valence-electron chi connectivity index (χ1n) is 9.51. The van der Waals surface area contributed by atoms with Gasteiger partial charge in [-0.25, -0.2) is 4.79 Å². The summed E-state index contributed by atoms with van der Waals surface area (Å²) in [4.78, 5) is 26.5. The van der Waals surface area contributed by atoms with E-state index in [1.54, 1.807) is 0 Å². The Bertz CT molecular complexity index is 539. The van der Waals surface area contributed by atoms with Crippen LogP contribution in [0.1, 0.15) is 52.4 Å². The Kier molecular flexibility index (Phi) is 7.76. The molecule has 1 fully saturated rings. The number of amides is 3. The molecule has 1 aromatic rings. The molecule has 1 aromatic carbocycles. The van der Waals surface area contributed by atoms with Crippen LogP contribution in [0.25, 0.3) is 0 Å². The molecule has 1 unspecified atom stereocenters. The van der Waals surface area contributed by atoms with Crippen molar-refractivity contribution in [3.8, 4) is 0 Å². The predicted molar refractivity (Wildman–Crippen MR) is 102 cm³/mol. The summed E-state index contributed by atoms with van der Waals surface area (Å²) in [7, 11) is 0. The lowest BCUT2D eigenvalue weighted by molar-refractivity contribution is -0.121. The van der Waals surface area contributed by atoms with Crippen molar-refractivity contribution in [1.82, 2.24) is 10.2 Å². The van der Waals surface area contributed by atoms with E-state index in [0.717, 1.165) is 31.4 Å². The molecule has 0 aromatic heterocycles. The molecule has 5 nitrogen and oxygen atoms in total. The Labute approximate surface area is 151 Å². The largest absolute Gasteiger partial charge is 0.336 e. The van der Waals surface area contributed by atoms with Gasteiger partial charge >= 0.3 is 6.03 Å². The number of hydrogen-bond donors (Lipinski definition) is 2. The smallest absolute Gasteiger partial charge is 0.317 e. The monoisotopic (exact) mass is 345 g/mol. The highest BCUT2D eigenvalue weighted by molar-refractivity contribution is 5.92. The molecule has 0 bridgehead atoms. The van der Waals surface area contributed by atoms with Gasteiger partial charge in [0.25, 0.3) is 0 Å². The summed E-state index contributed by atoms with van der Waals surface area (Å²) in [6, 6.07) is 9.73. The van der Waals surface area contributed by atoms with Gasteiger partial charge in [-0.3, -0.25) is 4.79 Å². The van der Waals surface area contributed by atoms with Crippen molar-refractivity contribution in [2.75, 3.05) is 18.4 Å². The topological polar surface area (TPSA) is 61.4 Å². The quantitative estimate of drug-likeness (QED) is 0.733. The summed E-state index contributed by atoms with van der Waals surface area (Å²) in [5, 5.41) is 6.04. The minimum Gasteiger partial charge on any atom is -0.336 e. The molecule has 1 atom stereocenters. The Balaban J connectivity index is 1.71. The van der Waals surface area contributed by atoms with Crippen LogP contribution in [0, 0.1) is 5.92 Å². The fraction of sp³-hybridized carbons (Fsp3) is 0.600. The fourth-order valence-corrected chi connectivity index (χ4v) is 3.19. The zero-order valence-corrected chi connectivity index (χ0v) is 15.5. The average Bonchev–Trinajstić information content (AvgIpc) is 2.63. The van der Waals surface area contributed by atoms with Crippen LogP contribution in [0.5, 0.6) is 0 Å². The molecular weight excluding hydrogens is 314 g/mol. The van der Waals surface area contributed by atoms with E-state index in [-0.39, 0.29) is 23.9 Å². The lowest BCUT2D eigenvalue weighted by Crippen LogP contribution is -2.48. The number of benzene rings is 1. The van der Waals surface area contributed by atoms with Gasteiger partial charge in [-0.1, -0.05) is 44.4 Å². The van der Waals surface area contributed by atoms with Crippen molar-refractivity contribution in [3.05, 3.63) is 30.3 Å². The highest BCUT2D eigenvalue weighted by atomic mass is 16.2. The Morgan fingerprint density at radius 2 is 1.84 bits per heavy atom. The highest BCUT2D eigenvalue weighted by Gasteiger charge is 2.27. The SMILES string of the molecule is CCCCCC(C)NC(=O)N1CCC(C(=O)Nc2ccccc2)CC1. The molecule has 1 aliphatic rings. The Morgan fingerprint density at radius 1 is 1.16 bits per heavy atom. The van der Waals surface area contributed by atoms with Gasteiger partial charge in [0.15, 0.2) is 0 Å². The molecule has 5 heteroatoms. The average molecular weight is 345 g/mol. The summed E-state index contributed by atoms with van der Waals surface area (Å²) < 4.78 is 0. The van der Waals surface area contributed by atoms with Crippen LogP contribution in [-0.2, 0) is 4.79 Å². The first kappa shape index (κ1) is 19.3. The minimum atomic E-state index is -0.0220. The molecule has 2 N–H and O–H groups in total. The minimum absolute atomic E-state index is 0.00548. The molecule has 0 radical (unpaired) electrons. The summed E-state index contributed by atoms with van der Waals surface area (Å²) in [5.74, 6) is 0.0328. The van der Waals surface area contributed by atoms with E-state index in [1.807, 2.05) is 35.2 Å². The lowest BCUT2D eigenvalue weighted by atomic mass is 9.96. The molecule has 1 aliphatic heterocycles. The van der Waals surface area contributed by atoms with Crippen molar-refractivity contribution >= 4 is 17.6 Å². The third-order valence-corrected chi connectivity index (χ3v) is 4.80. The normalized spacial score (nSPS) is 16.3. The number of likely N-dealkylation sites (tertiary alicyclic amines) is 1. The second-order valence-electron chi connectivity index (χ2n) is 6.96. The van der Waals surface area contributed by atoms with Crippen LogP contribution >= 0.6 is 0 Å². The molecule has 0 spiro atoms. The van der Waals surface area contributed by atoms with E-state index in [1.165, 1.54) is 12.8 Å². The number of carbonyl (C=O) groups is 2. The number of urea groups is 1. The maximum atomic E-state index is 12.3. The number of anilines is 1. The number of rotatable bonds is 7. The zero-order chi connectivity index (χ0) is 18.1. The third kappa shape index (κ3) is 6.40. The molecule has 2 rings (SSSR count). The van der Waals surface area contributed by atoms with Crippen molar-refractivity contribution < 1.29 is 9.59 Å². The molecule has 0 saturated carbocycles. The first-order valence-corrected chi connectivity index (χ1v) is 9.51. The van der Waals surface area contributed by atoms with Crippen LogP contribution < -0.4 is 10.6 Å². The predicted octanol–water partition coefficient (Wildman–Crippen LogP) is 4.02. The van der Waals surface area contributed by atoms with Gasteiger partial charge < -0.3 is 15.5 Å². The molecule has 1 saturated heterocycles. The van der Waals surface area contributed by atoms with Crippen LogP contribution in [0.3, 0.4) is 0 Å². The molecule has 138 valence electrons. The van der Waals surface area contributed by atoms with Crippen molar-refractivity contribution in [1.29, 1.82) is 0 Å². The van der Waals surface area contributed by atoms with Crippen LogP contribution in [-0.4, -0.2) is 36.0 Å². The Morgan fingerprint density at radius 3 is 2.48 bits per heavy atom. The van der Waals surface area contributed by atoms with Gasteiger partial charge in [0.1, 0.15) is 0 Å². The molecule has 25 heavy (non-hydrogen) atoms. The van der Waals surface area contributed by atoms with Crippen molar-refractivity contribution in [3.63, 3.8) is 0 Å². The second kappa shape index (κ2) is 10.1.